The molecule has 5 heteroatoms. The fourth-order valence-electron chi connectivity index (χ4n) is 3.15. The molecule has 4 nitrogen and oxygen atoms in total. The summed E-state index contributed by atoms with van der Waals surface area (Å²) >= 11 is 6.31. The number of ether oxygens (including phenoxy) is 1. The van der Waals surface area contributed by atoms with Crippen molar-refractivity contribution < 1.29 is 4.74 Å². The summed E-state index contributed by atoms with van der Waals surface area (Å²) in [6.45, 7) is 1.87. The fourth-order valence-corrected chi connectivity index (χ4v) is 3.40. The van der Waals surface area contributed by atoms with Gasteiger partial charge in [0.25, 0.3) is 0 Å². The second-order valence-corrected chi connectivity index (χ2v) is 6.21. The van der Waals surface area contributed by atoms with Crippen molar-refractivity contribution in [3.8, 4) is 16.9 Å². The van der Waals surface area contributed by atoms with Gasteiger partial charge in [-0.3, -0.25) is 4.79 Å². The maximum atomic E-state index is 13.2. The number of hydrogen-bond donors (Lipinski definition) is 1. The van der Waals surface area contributed by atoms with Crippen LogP contribution in [0.2, 0.25) is 5.02 Å². The topological polar surface area (TPSA) is 57.2 Å². The van der Waals surface area contributed by atoms with Crippen LogP contribution in [0.4, 0.5) is 0 Å². The molecule has 3 aromatic rings. The molecule has 24 heavy (non-hydrogen) atoms. The number of methoxy groups -OCH3 is 1. The smallest absolute Gasteiger partial charge is 0.199 e. The first-order chi connectivity index (χ1) is 11.5. The Hall–Kier alpha value is -2.30. The zero-order valence-electron chi connectivity index (χ0n) is 13.8. The molecule has 0 bridgehead atoms. The Morgan fingerprint density at radius 2 is 1.92 bits per heavy atom. The summed E-state index contributed by atoms with van der Waals surface area (Å²) in [5.41, 5.74) is 8.95. The van der Waals surface area contributed by atoms with Crippen molar-refractivity contribution in [1.82, 2.24) is 4.57 Å². The Balaban J connectivity index is 2.50. The highest BCUT2D eigenvalue weighted by Gasteiger charge is 2.20. The van der Waals surface area contributed by atoms with Crippen LogP contribution >= 0.6 is 11.6 Å². The van der Waals surface area contributed by atoms with E-state index in [1.807, 2.05) is 54.9 Å². The number of fused-ring (bicyclic) bond motifs is 1. The van der Waals surface area contributed by atoms with Crippen molar-refractivity contribution in [3.63, 3.8) is 0 Å². The molecule has 0 spiro atoms. The van der Waals surface area contributed by atoms with E-state index in [1.54, 1.807) is 13.2 Å². The number of rotatable bonds is 3. The monoisotopic (exact) mass is 342 g/mol. The molecule has 2 aromatic carbocycles. The first-order valence-electron chi connectivity index (χ1n) is 7.66. The molecule has 124 valence electrons. The first-order valence-corrected chi connectivity index (χ1v) is 8.04. The minimum absolute atomic E-state index is 0.116. The molecule has 2 N–H and O–H groups in total. The van der Waals surface area contributed by atoms with Crippen LogP contribution in [0.25, 0.3) is 22.0 Å². The number of aromatic nitrogens is 1. The Bertz CT molecular complexity index is 977. The normalized spacial score (nSPS) is 12.4. The lowest BCUT2D eigenvalue weighted by atomic mass is 9.97. The third-order valence-electron chi connectivity index (χ3n) is 4.21. The quantitative estimate of drug-likeness (QED) is 0.785. The van der Waals surface area contributed by atoms with Crippen molar-refractivity contribution in [2.75, 3.05) is 7.11 Å². The van der Waals surface area contributed by atoms with E-state index in [2.05, 4.69) is 0 Å². The van der Waals surface area contributed by atoms with Gasteiger partial charge in [-0.15, -0.1) is 0 Å². The third-order valence-corrected chi connectivity index (χ3v) is 4.53. The molecule has 0 radical (unpaired) electrons. The van der Waals surface area contributed by atoms with Crippen molar-refractivity contribution >= 4 is 22.5 Å². The highest BCUT2D eigenvalue weighted by Crippen LogP contribution is 2.31. The lowest BCUT2D eigenvalue weighted by molar-refractivity contribution is 0.415. The van der Waals surface area contributed by atoms with Crippen LogP contribution in [0.15, 0.2) is 47.3 Å². The molecule has 1 heterocycles. The molecule has 0 saturated heterocycles. The van der Waals surface area contributed by atoms with Crippen molar-refractivity contribution in [3.05, 3.63) is 63.4 Å². The molecule has 0 amide bonds. The van der Waals surface area contributed by atoms with Gasteiger partial charge in [0.2, 0.25) is 0 Å². The zero-order valence-corrected chi connectivity index (χ0v) is 14.6. The van der Waals surface area contributed by atoms with Crippen LogP contribution in [0.1, 0.15) is 18.7 Å². The molecule has 0 aliphatic carbocycles. The summed E-state index contributed by atoms with van der Waals surface area (Å²) in [4.78, 5) is 13.2. The zero-order chi connectivity index (χ0) is 17.4. The molecular formula is C19H19ClN2O2. The largest absolute Gasteiger partial charge is 0.497 e. The Morgan fingerprint density at radius 1 is 1.21 bits per heavy atom. The van der Waals surface area contributed by atoms with Gasteiger partial charge in [-0.2, -0.15) is 0 Å². The van der Waals surface area contributed by atoms with Gasteiger partial charge in [-0.05, 0) is 36.8 Å². The van der Waals surface area contributed by atoms with Crippen molar-refractivity contribution in [1.29, 1.82) is 0 Å². The number of hydrogen-bond acceptors (Lipinski definition) is 3. The van der Waals surface area contributed by atoms with E-state index in [0.29, 0.717) is 21.7 Å². The molecule has 0 saturated carbocycles. The average Bonchev–Trinajstić information content (AvgIpc) is 2.57. The van der Waals surface area contributed by atoms with Gasteiger partial charge >= 0.3 is 0 Å². The van der Waals surface area contributed by atoms with Gasteiger partial charge in [-0.1, -0.05) is 29.8 Å². The van der Waals surface area contributed by atoms with Crippen LogP contribution in [0.3, 0.4) is 0 Å². The Kier molecular flexibility index (Phi) is 4.35. The van der Waals surface area contributed by atoms with Gasteiger partial charge in [0, 0.05) is 18.8 Å². The molecular weight excluding hydrogens is 324 g/mol. The lowest BCUT2D eigenvalue weighted by Gasteiger charge is -2.20. The van der Waals surface area contributed by atoms with E-state index in [1.165, 1.54) is 0 Å². The number of nitrogens with zero attached hydrogens (tertiary/aromatic N) is 1. The predicted molar refractivity (Wildman–Crippen MR) is 98.8 cm³/mol. The SMILES string of the molecule is COc1cccc(-c2c([C@H](C)N)n(C)c3cccc(Cl)c3c2=O)c1. The maximum Gasteiger partial charge on any atom is 0.199 e. The van der Waals surface area contributed by atoms with E-state index in [-0.39, 0.29) is 11.5 Å². The van der Waals surface area contributed by atoms with Crippen LogP contribution in [-0.4, -0.2) is 11.7 Å². The standard InChI is InChI=1S/C19H19ClN2O2/c1-11(21)18-16(12-6-4-7-13(10-12)24-3)19(23)17-14(20)8-5-9-15(17)22(18)2/h4-11H,21H2,1-3H3/t11-/m0/s1. The Morgan fingerprint density at radius 3 is 2.58 bits per heavy atom. The van der Waals surface area contributed by atoms with Crippen LogP contribution in [0, 0.1) is 0 Å². The summed E-state index contributed by atoms with van der Waals surface area (Å²) in [5.74, 6) is 0.685. The minimum atomic E-state index is -0.313. The van der Waals surface area contributed by atoms with E-state index in [0.717, 1.165) is 16.8 Å². The van der Waals surface area contributed by atoms with Gasteiger partial charge in [-0.25, -0.2) is 0 Å². The fraction of sp³-hybridized carbons (Fsp3) is 0.211. The van der Waals surface area contributed by atoms with E-state index >= 15 is 0 Å². The predicted octanol–water partition coefficient (Wildman–Crippen LogP) is 3.89. The number of benzene rings is 2. The summed E-state index contributed by atoms with van der Waals surface area (Å²) in [6.07, 6.45) is 0. The minimum Gasteiger partial charge on any atom is -0.497 e. The first kappa shape index (κ1) is 16.6. The van der Waals surface area contributed by atoms with Crippen molar-refractivity contribution in [2.45, 2.75) is 13.0 Å². The Labute approximate surface area is 145 Å². The van der Waals surface area contributed by atoms with Gasteiger partial charge in [0.15, 0.2) is 5.43 Å². The molecule has 0 unspecified atom stereocenters. The molecule has 1 atom stereocenters. The summed E-state index contributed by atoms with van der Waals surface area (Å²) in [7, 11) is 3.50. The lowest BCUT2D eigenvalue weighted by Crippen LogP contribution is -2.22. The molecule has 0 fully saturated rings. The summed E-state index contributed by atoms with van der Waals surface area (Å²) in [5, 5.41) is 0.942. The second kappa shape index (κ2) is 6.30. The van der Waals surface area contributed by atoms with E-state index < -0.39 is 0 Å². The van der Waals surface area contributed by atoms with Crippen LogP contribution < -0.4 is 15.9 Å². The number of halogens is 1. The van der Waals surface area contributed by atoms with Gasteiger partial charge in [0.1, 0.15) is 5.75 Å². The second-order valence-electron chi connectivity index (χ2n) is 5.80. The third kappa shape index (κ3) is 2.58. The maximum absolute atomic E-state index is 13.2. The van der Waals surface area contributed by atoms with Crippen LogP contribution in [-0.2, 0) is 7.05 Å². The average molecular weight is 343 g/mol. The molecule has 3 rings (SSSR count). The van der Waals surface area contributed by atoms with Gasteiger partial charge < -0.3 is 15.0 Å². The number of nitrogens with two attached hydrogens (primary N) is 1. The molecule has 1 aromatic heterocycles. The highest BCUT2D eigenvalue weighted by atomic mass is 35.5. The number of aryl methyl sites for hydroxylation is 1. The van der Waals surface area contributed by atoms with Crippen molar-refractivity contribution in [2.24, 2.45) is 12.8 Å². The summed E-state index contributed by atoms with van der Waals surface area (Å²) < 4.78 is 7.24. The molecule has 0 aliphatic heterocycles. The number of pyridine rings is 1. The summed E-state index contributed by atoms with van der Waals surface area (Å²) in [6, 6.07) is 12.5. The van der Waals surface area contributed by atoms with Crippen LogP contribution in [0.5, 0.6) is 5.75 Å². The highest BCUT2D eigenvalue weighted by molar-refractivity contribution is 6.35. The van der Waals surface area contributed by atoms with E-state index in [9.17, 15) is 4.79 Å². The van der Waals surface area contributed by atoms with E-state index in [4.69, 9.17) is 22.1 Å². The van der Waals surface area contributed by atoms with Gasteiger partial charge in [0.05, 0.1) is 28.6 Å². The molecule has 0 aliphatic rings.